The highest BCUT2D eigenvalue weighted by Gasteiger charge is 2.27. The van der Waals surface area contributed by atoms with Gasteiger partial charge >= 0.3 is 0 Å². The van der Waals surface area contributed by atoms with Crippen LogP contribution in [0.4, 0.5) is 0 Å². The van der Waals surface area contributed by atoms with E-state index in [1.165, 1.54) is 0 Å². The quantitative estimate of drug-likeness (QED) is 0.673. The van der Waals surface area contributed by atoms with Crippen LogP contribution in [0.25, 0.3) is 0 Å². The molecule has 2 aromatic rings. The third-order valence-corrected chi connectivity index (χ3v) is 5.03. The zero-order valence-electron chi connectivity index (χ0n) is 16.3. The summed E-state index contributed by atoms with van der Waals surface area (Å²) >= 11 is 6.11. The maximum Gasteiger partial charge on any atom is 0.225 e. The van der Waals surface area contributed by atoms with Crippen molar-refractivity contribution in [3.05, 3.63) is 46.7 Å². The lowest BCUT2D eigenvalue weighted by Gasteiger charge is -2.32. The fraction of sp³-hybridized carbons (Fsp3) is 0.500. The van der Waals surface area contributed by atoms with Crippen LogP contribution in [-0.4, -0.2) is 60.6 Å². The maximum absolute atomic E-state index is 12.2. The van der Waals surface area contributed by atoms with Gasteiger partial charge in [0.15, 0.2) is 0 Å². The number of aryl methyl sites for hydroxylation is 1. The highest BCUT2D eigenvalue weighted by atomic mass is 35.5. The second kappa shape index (κ2) is 9.91. The molecule has 1 saturated heterocycles. The number of hydrogen-bond acceptors (Lipinski definition) is 5. The number of para-hydroxylation sites is 1. The van der Waals surface area contributed by atoms with Crippen molar-refractivity contribution in [3.63, 3.8) is 0 Å². The molecule has 0 saturated carbocycles. The van der Waals surface area contributed by atoms with Gasteiger partial charge in [-0.15, -0.1) is 0 Å². The Kier molecular flexibility index (Phi) is 7.30. The fourth-order valence-electron chi connectivity index (χ4n) is 3.15. The molecule has 3 rings (SSSR count). The summed E-state index contributed by atoms with van der Waals surface area (Å²) in [6, 6.07) is 9.44. The molecule has 152 valence electrons. The van der Waals surface area contributed by atoms with Crippen molar-refractivity contribution in [2.45, 2.75) is 18.9 Å². The molecule has 1 aromatic heterocycles. The third kappa shape index (κ3) is 5.25. The van der Waals surface area contributed by atoms with E-state index in [0.29, 0.717) is 56.5 Å². The average molecular weight is 408 g/mol. The molecular weight excluding hydrogens is 382 g/mol. The molecule has 1 aliphatic heterocycles. The number of aromatic nitrogens is 2. The third-order valence-electron chi connectivity index (χ3n) is 4.72. The molecule has 7 nitrogen and oxygen atoms in total. The number of nitrogens with zero attached hydrogens (tertiary/aromatic N) is 3. The fourth-order valence-corrected chi connectivity index (χ4v) is 3.34. The summed E-state index contributed by atoms with van der Waals surface area (Å²) in [4.78, 5) is 14.1. The van der Waals surface area contributed by atoms with Gasteiger partial charge in [-0.05, 0) is 18.2 Å². The maximum atomic E-state index is 12.2. The highest BCUT2D eigenvalue weighted by Crippen LogP contribution is 2.24. The first kappa shape index (κ1) is 20.6. The first-order chi connectivity index (χ1) is 13.6. The van der Waals surface area contributed by atoms with Gasteiger partial charge < -0.3 is 19.1 Å². The van der Waals surface area contributed by atoms with Gasteiger partial charge in [0.25, 0.3) is 0 Å². The highest BCUT2D eigenvalue weighted by molar-refractivity contribution is 6.32. The van der Waals surface area contributed by atoms with Crippen molar-refractivity contribution in [2.24, 2.45) is 7.05 Å². The summed E-state index contributed by atoms with van der Waals surface area (Å²) in [6.07, 6.45) is 0.859. The molecule has 2 heterocycles. The molecular formula is C20H26ClN3O4. The number of benzene rings is 1. The van der Waals surface area contributed by atoms with Crippen LogP contribution in [0.15, 0.2) is 30.3 Å². The normalized spacial score (nSPS) is 17.0. The lowest BCUT2D eigenvalue weighted by molar-refractivity contribution is -0.140. The molecule has 28 heavy (non-hydrogen) atoms. The van der Waals surface area contributed by atoms with E-state index in [-0.39, 0.29) is 12.0 Å². The molecule has 1 aromatic carbocycles. The number of amides is 1. The summed E-state index contributed by atoms with van der Waals surface area (Å²) in [7, 11) is 3.50. The minimum absolute atomic E-state index is 0.0828. The molecule has 1 atom stereocenters. The average Bonchev–Trinajstić information content (AvgIpc) is 3.08. The van der Waals surface area contributed by atoms with Crippen molar-refractivity contribution in [1.29, 1.82) is 0 Å². The lowest BCUT2D eigenvalue weighted by atomic mass is 10.1. The monoisotopic (exact) mass is 407 g/mol. The Morgan fingerprint density at radius 2 is 2.18 bits per heavy atom. The van der Waals surface area contributed by atoms with Crippen molar-refractivity contribution in [3.8, 4) is 5.75 Å². The Hall–Kier alpha value is -2.09. The number of morpholine rings is 1. The Bertz CT molecular complexity index is 796. The number of hydrogen-bond donors (Lipinski definition) is 0. The second-order valence-electron chi connectivity index (χ2n) is 6.66. The van der Waals surface area contributed by atoms with Crippen LogP contribution in [0.5, 0.6) is 5.75 Å². The van der Waals surface area contributed by atoms with Crippen molar-refractivity contribution < 1.29 is 19.0 Å². The molecule has 1 aliphatic rings. The van der Waals surface area contributed by atoms with E-state index in [2.05, 4.69) is 5.10 Å². The summed E-state index contributed by atoms with van der Waals surface area (Å²) in [5.74, 6) is 0.756. The van der Waals surface area contributed by atoms with E-state index in [9.17, 15) is 4.79 Å². The minimum atomic E-state index is -0.218. The van der Waals surface area contributed by atoms with Gasteiger partial charge in [0.1, 0.15) is 11.9 Å². The van der Waals surface area contributed by atoms with Crippen molar-refractivity contribution >= 4 is 17.5 Å². The van der Waals surface area contributed by atoms with Gasteiger partial charge in [-0.2, -0.15) is 5.10 Å². The van der Waals surface area contributed by atoms with E-state index >= 15 is 0 Å². The predicted octanol–water partition coefficient (Wildman–Crippen LogP) is 2.63. The van der Waals surface area contributed by atoms with Gasteiger partial charge in [-0.3, -0.25) is 9.48 Å². The van der Waals surface area contributed by atoms with E-state index in [4.69, 9.17) is 25.8 Å². The van der Waals surface area contributed by atoms with Crippen LogP contribution in [0, 0.1) is 0 Å². The first-order valence-corrected chi connectivity index (χ1v) is 9.74. The first-order valence-electron chi connectivity index (χ1n) is 9.37. The number of rotatable bonds is 8. The molecule has 0 bridgehead atoms. The minimum Gasteiger partial charge on any atom is -0.492 e. The van der Waals surface area contributed by atoms with Crippen LogP contribution in [-0.2, 0) is 27.7 Å². The number of halogens is 1. The number of methoxy groups -OCH3 is 1. The van der Waals surface area contributed by atoms with Crippen LogP contribution >= 0.6 is 11.6 Å². The largest absolute Gasteiger partial charge is 0.492 e. The van der Waals surface area contributed by atoms with E-state index in [1.807, 2.05) is 40.9 Å². The second-order valence-corrected chi connectivity index (χ2v) is 7.06. The molecule has 0 N–H and O–H groups in total. The Labute approximate surface area is 170 Å². The molecule has 1 unspecified atom stereocenters. The zero-order valence-corrected chi connectivity index (χ0v) is 17.0. The number of ether oxygens (including phenoxy) is 3. The van der Waals surface area contributed by atoms with Crippen molar-refractivity contribution in [1.82, 2.24) is 14.7 Å². The van der Waals surface area contributed by atoms with E-state index in [0.717, 1.165) is 11.4 Å². The van der Waals surface area contributed by atoms with Crippen LogP contribution < -0.4 is 4.74 Å². The Balaban J connectivity index is 1.57. The standard InChI is InChI=1S/C20H26ClN3O4/c1-23-15(7-11-27-18-6-4-3-5-16(18)21)13-17(22-23)19-14-24(9-12-28-19)20(25)8-10-26-2/h3-6,13,19H,7-12,14H2,1-2H3. The summed E-state index contributed by atoms with van der Waals surface area (Å²) in [5.41, 5.74) is 1.87. The van der Waals surface area contributed by atoms with Gasteiger partial charge in [0, 0.05) is 32.8 Å². The lowest BCUT2D eigenvalue weighted by Crippen LogP contribution is -2.42. The predicted molar refractivity (Wildman–Crippen MR) is 106 cm³/mol. The Morgan fingerprint density at radius 3 is 2.96 bits per heavy atom. The Morgan fingerprint density at radius 1 is 1.36 bits per heavy atom. The van der Waals surface area contributed by atoms with Gasteiger partial charge in [0.2, 0.25) is 5.91 Å². The molecule has 0 aliphatic carbocycles. The molecule has 1 fully saturated rings. The van der Waals surface area contributed by atoms with Crippen LogP contribution in [0.1, 0.15) is 23.9 Å². The van der Waals surface area contributed by atoms with E-state index in [1.54, 1.807) is 13.2 Å². The molecule has 0 radical (unpaired) electrons. The van der Waals surface area contributed by atoms with Crippen LogP contribution in [0.3, 0.4) is 0 Å². The smallest absolute Gasteiger partial charge is 0.225 e. The summed E-state index contributed by atoms with van der Waals surface area (Å²) in [5, 5.41) is 5.18. The molecule has 0 spiro atoms. The number of carbonyl (C=O) groups is 1. The summed E-state index contributed by atoms with van der Waals surface area (Å²) in [6.45, 7) is 2.54. The molecule has 8 heteroatoms. The number of carbonyl (C=O) groups excluding carboxylic acids is 1. The topological polar surface area (TPSA) is 65.8 Å². The summed E-state index contributed by atoms with van der Waals surface area (Å²) < 4.78 is 18.5. The zero-order chi connectivity index (χ0) is 19.9. The van der Waals surface area contributed by atoms with Crippen LogP contribution in [0.2, 0.25) is 5.02 Å². The molecule has 1 amide bonds. The van der Waals surface area contributed by atoms with E-state index < -0.39 is 0 Å². The van der Waals surface area contributed by atoms with Crippen molar-refractivity contribution in [2.75, 3.05) is 40.0 Å². The van der Waals surface area contributed by atoms with Gasteiger partial charge in [-0.25, -0.2) is 0 Å². The van der Waals surface area contributed by atoms with Gasteiger partial charge in [-0.1, -0.05) is 23.7 Å². The SMILES string of the molecule is COCCC(=O)N1CCOC(c2cc(CCOc3ccccc3Cl)n(C)n2)C1. The van der Waals surface area contributed by atoms with Gasteiger partial charge in [0.05, 0.1) is 43.5 Å².